The molecular weight excluding hydrogens is 481 g/mol. The Morgan fingerprint density at radius 1 is 0.868 bits per heavy atom. The number of carbonyl (C=O) groups is 1. The molecule has 0 saturated carbocycles. The Morgan fingerprint density at radius 2 is 1.76 bits per heavy atom. The number of amides is 1. The van der Waals surface area contributed by atoms with Crippen molar-refractivity contribution in [2.45, 2.75) is 0 Å². The van der Waals surface area contributed by atoms with Crippen LogP contribution in [0.2, 0.25) is 0 Å². The average Bonchev–Trinajstić information content (AvgIpc) is 3.34. The summed E-state index contributed by atoms with van der Waals surface area (Å²) in [6.07, 6.45) is 8.07. The molecule has 3 N–H and O–H groups in total. The molecule has 8 nitrogen and oxygen atoms in total. The van der Waals surface area contributed by atoms with E-state index in [-0.39, 0.29) is 5.91 Å². The van der Waals surface area contributed by atoms with Crippen LogP contribution in [0.3, 0.4) is 0 Å². The average molecular weight is 504 g/mol. The van der Waals surface area contributed by atoms with Gasteiger partial charge in [0.1, 0.15) is 17.3 Å². The van der Waals surface area contributed by atoms with E-state index in [2.05, 4.69) is 35.6 Å². The Kier molecular flexibility index (Phi) is 6.15. The largest absolute Gasteiger partial charge is 0.368 e. The Balaban J connectivity index is 1.27. The lowest BCUT2D eigenvalue weighted by molar-refractivity contribution is 0.0955. The summed E-state index contributed by atoms with van der Waals surface area (Å²) < 4.78 is 15.2. The summed E-state index contributed by atoms with van der Waals surface area (Å²) in [6, 6.07) is 18.2. The maximum Gasteiger partial charge on any atom is 0.251 e. The van der Waals surface area contributed by atoms with Gasteiger partial charge in [-0.2, -0.15) is 0 Å². The predicted molar refractivity (Wildman–Crippen MR) is 145 cm³/mol. The molecule has 0 atom stereocenters. The monoisotopic (exact) mass is 503 g/mol. The second kappa shape index (κ2) is 10.1. The van der Waals surface area contributed by atoms with Crippen molar-refractivity contribution in [1.29, 1.82) is 0 Å². The fraction of sp³-hybridized carbons (Fsp3) is 0.0690. The van der Waals surface area contributed by atoms with E-state index in [1.165, 1.54) is 6.20 Å². The van der Waals surface area contributed by atoms with Crippen LogP contribution in [0.25, 0.3) is 44.3 Å². The van der Waals surface area contributed by atoms with Crippen LogP contribution in [-0.4, -0.2) is 43.9 Å². The van der Waals surface area contributed by atoms with E-state index in [0.717, 1.165) is 28.0 Å². The third kappa shape index (κ3) is 4.53. The van der Waals surface area contributed by atoms with Gasteiger partial charge in [-0.3, -0.25) is 14.8 Å². The molecule has 1 aromatic carbocycles. The number of aromatic amines is 1. The van der Waals surface area contributed by atoms with Crippen LogP contribution >= 0.6 is 0 Å². The zero-order valence-electron chi connectivity index (χ0n) is 20.1. The molecule has 9 heteroatoms. The van der Waals surface area contributed by atoms with E-state index in [4.69, 9.17) is 0 Å². The van der Waals surface area contributed by atoms with Crippen molar-refractivity contribution in [3.05, 3.63) is 103 Å². The van der Waals surface area contributed by atoms with E-state index in [9.17, 15) is 4.79 Å². The molecule has 6 rings (SSSR count). The van der Waals surface area contributed by atoms with E-state index in [1.807, 2.05) is 36.4 Å². The number of nitrogens with zero attached hydrogens (tertiary/aromatic N) is 4. The molecule has 5 heterocycles. The Bertz CT molecular complexity index is 1740. The minimum atomic E-state index is -0.448. The predicted octanol–water partition coefficient (Wildman–Crippen LogP) is 5.22. The number of carbonyl (C=O) groups excluding carboxylic acids is 1. The summed E-state index contributed by atoms with van der Waals surface area (Å²) in [5, 5.41) is 7.49. The number of rotatable bonds is 7. The van der Waals surface area contributed by atoms with Gasteiger partial charge in [-0.25, -0.2) is 14.4 Å². The summed E-state index contributed by atoms with van der Waals surface area (Å²) >= 11 is 0. The van der Waals surface area contributed by atoms with Crippen LogP contribution in [-0.2, 0) is 0 Å². The third-order valence-corrected chi connectivity index (χ3v) is 6.23. The number of hydrogen-bond donors (Lipinski definition) is 3. The number of fused-ring (bicyclic) bond motifs is 3. The first kappa shape index (κ1) is 23.2. The molecule has 0 spiro atoms. The molecule has 0 aliphatic heterocycles. The van der Waals surface area contributed by atoms with Crippen molar-refractivity contribution < 1.29 is 9.18 Å². The van der Waals surface area contributed by atoms with Crippen molar-refractivity contribution in [3.8, 4) is 22.4 Å². The van der Waals surface area contributed by atoms with Crippen LogP contribution in [0.4, 0.5) is 10.2 Å². The highest BCUT2D eigenvalue weighted by Crippen LogP contribution is 2.36. The second-order valence-electron chi connectivity index (χ2n) is 8.66. The molecule has 6 aromatic rings. The molecule has 186 valence electrons. The van der Waals surface area contributed by atoms with Gasteiger partial charge in [0, 0.05) is 59.1 Å². The van der Waals surface area contributed by atoms with Crippen LogP contribution in [0.15, 0.2) is 91.6 Å². The first-order chi connectivity index (χ1) is 18.7. The first-order valence-electron chi connectivity index (χ1n) is 12.1. The van der Waals surface area contributed by atoms with Crippen LogP contribution in [0.5, 0.6) is 0 Å². The second-order valence-corrected chi connectivity index (χ2v) is 8.66. The van der Waals surface area contributed by atoms with Crippen molar-refractivity contribution in [2.24, 2.45) is 0 Å². The zero-order chi connectivity index (χ0) is 25.9. The first-order valence-corrected chi connectivity index (χ1v) is 12.1. The molecule has 0 fully saturated rings. The van der Waals surface area contributed by atoms with Gasteiger partial charge in [-0.1, -0.05) is 18.2 Å². The lowest BCUT2D eigenvalue weighted by Crippen LogP contribution is -2.28. The Hall–Kier alpha value is -5.18. The minimum absolute atomic E-state index is 0.209. The zero-order valence-corrected chi connectivity index (χ0v) is 20.1. The third-order valence-electron chi connectivity index (χ3n) is 6.23. The van der Waals surface area contributed by atoms with Gasteiger partial charge in [0.05, 0.1) is 23.6 Å². The highest BCUT2D eigenvalue weighted by atomic mass is 19.1. The number of pyridine rings is 4. The molecule has 0 aliphatic carbocycles. The summed E-state index contributed by atoms with van der Waals surface area (Å²) in [7, 11) is 0. The fourth-order valence-corrected chi connectivity index (χ4v) is 4.41. The van der Waals surface area contributed by atoms with Crippen LogP contribution in [0.1, 0.15) is 10.4 Å². The number of H-pyrrole nitrogens is 1. The van der Waals surface area contributed by atoms with Crippen LogP contribution in [0, 0.1) is 5.82 Å². The molecule has 0 bridgehead atoms. The Labute approximate surface area is 217 Å². The van der Waals surface area contributed by atoms with E-state index < -0.39 is 5.82 Å². The van der Waals surface area contributed by atoms with Crippen molar-refractivity contribution in [1.82, 2.24) is 30.2 Å². The number of hydrogen-bond acceptors (Lipinski definition) is 6. The normalized spacial score (nSPS) is 11.1. The van der Waals surface area contributed by atoms with E-state index in [0.29, 0.717) is 40.8 Å². The van der Waals surface area contributed by atoms with Crippen LogP contribution < -0.4 is 10.6 Å². The summed E-state index contributed by atoms with van der Waals surface area (Å²) in [5.41, 5.74) is 4.44. The highest BCUT2D eigenvalue weighted by molar-refractivity contribution is 6.13. The maximum absolute atomic E-state index is 15.2. The molecule has 0 unspecified atom stereocenters. The molecular formula is C29H22FN7O. The lowest BCUT2D eigenvalue weighted by Gasteiger charge is -2.09. The summed E-state index contributed by atoms with van der Waals surface area (Å²) in [4.78, 5) is 33.0. The molecule has 38 heavy (non-hydrogen) atoms. The van der Waals surface area contributed by atoms with Gasteiger partial charge >= 0.3 is 0 Å². The number of anilines is 1. The SMILES string of the molecule is O=C(NCCNc1ccccn1)c1ccc(-c2c(F)cnc3[nH]c4cnc(-c5cccnc5)cc4c23)cc1. The van der Waals surface area contributed by atoms with Gasteiger partial charge in [-0.15, -0.1) is 0 Å². The van der Waals surface area contributed by atoms with E-state index in [1.54, 1.807) is 49.1 Å². The standard InChI is InChI=1S/C29H22FN7O/c30-22-16-36-28-27(21-14-23(35-17-24(21)37-28)20-4-3-10-31-15-20)26(22)18-6-8-19(9-7-18)29(38)34-13-12-33-25-5-1-2-11-32-25/h1-11,14-17H,12-13H2,(H,32,33)(H,34,38)(H,36,37). The van der Waals surface area contributed by atoms with Crippen molar-refractivity contribution in [3.63, 3.8) is 0 Å². The molecule has 0 saturated heterocycles. The quantitative estimate of drug-likeness (QED) is 0.258. The number of halogens is 1. The van der Waals surface area contributed by atoms with Gasteiger partial charge in [-0.05, 0) is 48.0 Å². The molecule has 0 radical (unpaired) electrons. The van der Waals surface area contributed by atoms with Gasteiger partial charge < -0.3 is 15.6 Å². The van der Waals surface area contributed by atoms with Gasteiger partial charge in [0.2, 0.25) is 0 Å². The molecule has 0 aliphatic rings. The molecule has 1 amide bonds. The number of benzene rings is 1. The summed E-state index contributed by atoms with van der Waals surface area (Å²) in [5.74, 6) is 0.0901. The fourth-order valence-electron chi connectivity index (χ4n) is 4.41. The van der Waals surface area contributed by atoms with Crippen molar-refractivity contribution in [2.75, 3.05) is 18.4 Å². The lowest BCUT2D eigenvalue weighted by atomic mass is 9.99. The number of nitrogens with one attached hydrogen (secondary N) is 3. The molecule has 5 aromatic heterocycles. The summed E-state index contributed by atoms with van der Waals surface area (Å²) in [6.45, 7) is 0.969. The Morgan fingerprint density at radius 3 is 2.55 bits per heavy atom. The highest BCUT2D eigenvalue weighted by Gasteiger charge is 2.18. The maximum atomic E-state index is 15.2. The topological polar surface area (TPSA) is 108 Å². The van der Waals surface area contributed by atoms with E-state index >= 15 is 4.39 Å². The van der Waals surface area contributed by atoms with Gasteiger partial charge in [0.15, 0.2) is 0 Å². The van der Waals surface area contributed by atoms with Crippen molar-refractivity contribution >= 4 is 33.7 Å². The van der Waals surface area contributed by atoms with Gasteiger partial charge in [0.25, 0.3) is 5.91 Å². The number of aromatic nitrogens is 5. The minimum Gasteiger partial charge on any atom is -0.368 e. The smallest absolute Gasteiger partial charge is 0.251 e.